The molecular formula is C15H20N2O3. The first kappa shape index (κ1) is 14.5. The van der Waals surface area contributed by atoms with Gasteiger partial charge >= 0.3 is 11.8 Å². The summed E-state index contributed by atoms with van der Waals surface area (Å²) in [6, 6.07) is 7.22. The minimum atomic E-state index is -0.931. The van der Waals surface area contributed by atoms with E-state index in [-0.39, 0.29) is 12.5 Å². The maximum absolute atomic E-state index is 11.7. The normalized spacial score (nSPS) is 17.1. The smallest absolute Gasteiger partial charge is 0.313 e. The number of rotatable bonds is 4. The van der Waals surface area contributed by atoms with Crippen molar-refractivity contribution >= 4 is 17.5 Å². The molecule has 1 aliphatic rings. The predicted molar refractivity (Wildman–Crippen MR) is 76.2 cm³/mol. The summed E-state index contributed by atoms with van der Waals surface area (Å²) in [5, 5.41) is 15.1. The number of hydrogen-bond acceptors (Lipinski definition) is 3. The van der Waals surface area contributed by atoms with Gasteiger partial charge in [0.1, 0.15) is 0 Å². The summed E-state index contributed by atoms with van der Waals surface area (Å²) in [5.74, 6) is -1.22. The van der Waals surface area contributed by atoms with Crippen molar-refractivity contribution in [2.75, 3.05) is 11.9 Å². The minimum absolute atomic E-state index is 0.0950. The maximum atomic E-state index is 11.7. The number of aliphatic hydroxyl groups is 1. The van der Waals surface area contributed by atoms with E-state index < -0.39 is 17.4 Å². The van der Waals surface area contributed by atoms with Crippen LogP contribution in [0.25, 0.3) is 0 Å². The third-order valence-electron chi connectivity index (χ3n) is 3.55. The molecule has 1 aromatic carbocycles. The summed E-state index contributed by atoms with van der Waals surface area (Å²) in [6.07, 6.45) is 1.94. The molecule has 0 spiro atoms. The molecule has 0 unspecified atom stereocenters. The average molecular weight is 276 g/mol. The van der Waals surface area contributed by atoms with Crippen molar-refractivity contribution < 1.29 is 14.7 Å². The largest absolute Gasteiger partial charge is 0.388 e. The van der Waals surface area contributed by atoms with Gasteiger partial charge in [-0.3, -0.25) is 9.59 Å². The molecule has 0 saturated heterocycles. The standard InChI is InChI=1S/C15H20N2O3/c1-10-4-3-5-12(8-10)17-14(19)13(18)16-9-15(2,20)11-6-7-11/h3-5,8,11,20H,6-7,9H2,1-2H3,(H,16,18)(H,17,19)/t15-/m1/s1. The topological polar surface area (TPSA) is 78.4 Å². The highest BCUT2D eigenvalue weighted by atomic mass is 16.3. The average Bonchev–Trinajstić information content (AvgIpc) is 3.20. The SMILES string of the molecule is Cc1cccc(NC(=O)C(=O)NC[C@@](C)(O)C2CC2)c1. The van der Waals surface area contributed by atoms with Crippen LogP contribution in [0.1, 0.15) is 25.3 Å². The fraction of sp³-hybridized carbons (Fsp3) is 0.467. The van der Waals surface area contributed by atoms with Gasteiger partial charge in [-0.2, -0.15) is 0 Å². The van der Waals surface area contributed by atoms with Gasteiger partial charge < -0.3 is 15.7 Å². The molecule has 2 amide bonds. The Bertz CT molecular complexity index is 522. The summed E-state index contributed by atoms with van der Waals surface area (Å²) in [5.41, 5.74) is 0.651. The third-order valence-corrected chi connectivity index (χ3v) is 3.55. The van der Waals surface area contributed by atoms with Crippen LogP contribution in [0, 0.1) is 12.8 Å². The van der Waals surface area contributed by atoms with Crippen molar-refractivity contribution in [2.24, 2.45) is 5.92 Å². The summed E-state index contributed by atoms with van der Waals surface area (Å²) < 4.78 is 0. The first-order valence-electron chi connectivity index (χ1n) is 6.77. The highest BCUT2D eigenvalue weighted by Crippen LogP contribution is 2.38. The van der Waals surface area contributed by atoms with Gasteiger partial charge in [0.25, 0.3) is 0 Å². The quantitative estimate of drug-likeness (QED) is 0.723. The van der Waals surface area contributed by atoms with Crippen LogP contribution in [0.15, 0.2) is 24.3 Å². The van der Waals surface area contributed by atoms with Crippen LogP contribution < -0.4 is 10.6 Å². The first-order chi connectivity index (χ1) is 9.38. The summed E-state index contributed by atoms with van der Waals surface area (Å²) in [6.45, 7) is 3.68. The van der Waals surface area contributed by atoms with Gasteiger partial charge in [0.05, 0.1) is 5.60 Å². The van der Waals surface area contributed by atoms with E-state index in [0.29, 0.717) is 5.69 Å². The van der Waals surface area contributed by atoms with E-state index in [0.717, 1.165) is 18.4 Å². The summed E-state index contributed by atoms with van der Waals surface area (Å²) in [4.78, 5) is 23.4. The van der Waals surface area contributed by atoms with Crippen molar-refractivity contribution in [2.45, 2.75) is 32.3 Å². The molecule has 5 heteroatoms. The highest BCUT2D eigenvalue weighted by molar-refractivity contribution is 6.39. The number of carbonyl (C=O) groups is 2. The van der Waals surface area contributed by atoms with Gasteiger partial charge in [-0.15, -0.1) is 0 Å². The zero-order chi connectivity index (χ0) is 14.8. The van der Waals surface area contributed by atoms with Crippen molar-refractivity contribution in [3.63, 3.8) is 0 Å². The number of benzene rings is 1. The Morgan fingerprint density at radius 1 is 1.35 bits per heavy atom. The van der Waals surface area contributed by atoms with Gasteiger partial charge in [0, 0.05) is 12.2 Å². The molecule has 0 heterocycles. The van der Waals surface area contributed by atoms with Crippen molar-refractivity contribution in [1.29, 1.82) is 0 Å². The Morgan fingerprint density at radius 3 is 2.65 bits per heavy atom. The third kappa shape index (κ3) is 3.81. The van der Waals surface area contributed by atoms with Gasteiger partial charge in [-0.05, 0) is 50.3 Å². The van der Waals surface area contributed by atoms with Gasteiger partial charge in [-0.1, -0.05) is 12.1 Å². The van der Waals surface area contributed by atoms with Crippen molar-refractivity contribution in [1.82, 2.24) is 5.32 Å². The molecule has 1 fully saturated rings. The lowest BCUT2D eigenvalue weighted by Crippen LogP contribution is -2.45. The molecule has 0 aliphatic heterocycles. The van der Waals surface area contributed by atoms with E-state index in [9.17, 15) is 14.7 Å². The molecule has 0 bridgehead atoms. The number of carbonyl (C=O) groups excluding carboxylic acids is 2. The fourth-order valence-electron chi connectivity index (χ4n) is 2.10. The lowest BCUT2D eigenvalue weighted by Gasteiger charge is -2.22. The number of amides is 2. The van der Waals surface area contributed by atoms with E-state index in [1.165, 1.54) is 0 Å². The Kier molecular flexibility index (Phi) is 4.09. The molecule has 1 atom stereocenters. The fourth-order valence-corrected chi connectivity index (χ4v) is 2.10. The summed E-state index contributed by atoms with van der Waals surface area (Å²) in [7, 11) is 0. The highest BCUT2D eigenvalue weighted by Gasteiger charge is 2.40. The van der Waals surface area contributed by atoms with Crippen LogP contribution in [-0.2, 0) is 9.59 Å². The molecule has 0 radical (unpaired) electrons. The zero-order valence-corrected chi connectivity index (χ0v) is 11.8. The lowest BCUT2D eigenvalue weighted by molar-refractivity contribution is -0.136. The number of nitrogens with one attached hydrogen (secondary N) is 2. The van der Waals surface area contributed by atoms with E-state index in [1.54, 1.807) is 25.1 Å². The molecule has 2 rings (SSSR count). The zero-order valence-electron chi connectivity index (χ0n) is 11.8. The molecule has 108 valence electrons. The second-order valence-electron chi connectivity index (χ2n) is 5.64. The van der Waals surface area contributed by atoms with E-state index in [1.807, 2.05) is 13.0 Å². The van der Waals surface area contributed by atoms with Gasteiger partial charge in [0.2, 0.25) is 0 Å². The van der Waals surface area contributed by atoms with Crippen LogP contribution in [0.2, 0.25) is 0 Å². The summed E-state index contributed by atoms with van der Waals surface area (Å²) >= 11 is 0. The molecule has 1 aliphatic carbocycles. The second kappa shape index (κ2) is 5.63. The van der Waals surface area contributed by atoms with Crippen LogP contribution in [-0.4, -0.2) is 29.1 Å². The minimum Gasteiger partial charge on any atom is -0.388 e. The number of hydrogen-bond donors (Lipinski definition) is 3. The number of anilines is 1. The van der Waals surface area contributed by atoms with Crippen LogP contribution in [0.3, 0.4) is 0 Å². The molecule has 1 aromatic rings. The molecule has 5 nitrogen and oxygen atoms in total. The molecular weight excluding hydrogens is 256 g/mol. The van der Waals surface area contributed by atoms with E-state index >= 15 is 0 Å². The van der Waals surface area contributed by atoms with Gasteiger partial charge in [0.15, 0.2) is 0 Å². The van der Waals surface area contributed by atoms with Gasteiger partial charge in [-0.25, -0.2) is 0 Å². The van der Waals surface area contributed by atoms with E-state index in [2.05, 4.69) is 10.6 Å². The Labute approximate surface area is 118 Å². The Hall–Kier alpha value is -1.88. The lowest BCUT2D eigenvalue weighted by atomic mass is 10.0. The molecule has 1 saturated carbocycles. The first-order valence-corrected chi connectivity index (χ1v) is 6.77. The predicted octanol–water partition coefficient (Wildman–Crippen LogP) is 1.21. The maximum Gasteiger partial charge on any atom is 0.313 e. The Balaban J connectivity index is 1.84. The van der Waals surface area contributed by atoms with E-state index in [4.69, 9.17) is 0 Å². The Morgan fingerprint density at radius 2 is 2.05 bits per heavy atom. The molecule has 3 N–H and O–H groups in total. The second-order valence-corrected chi connectivity index (χ2v) is 5.64. The monoisotopic (exact) mass is 276 g/mol. The van der Waals surface area contributed by atoms with Crippen LogP contribution in [0.5, 0.6) is 0 Å². The molecule has 0 aromatic heterocycles. The van der Waals surface area contributed by atoms with Crippen LogP contribution in [0.4, 0.5) is 5.69 Å². The molecule has 20 heavy (non-hydrogen) atoms. The van der Waals surface area contributed by atoms with Crippen molar-refractivity contribution in [3.05, 3.63) is 29.8 Å². The number of aryl methyl sites for hydroxylation is 1. The van der Waals surface area contributed by atoms with Crippen molar-refractivity contribution in [3.8, 4) is 0 Å². The van der Waals surface area contributed by atoms with Crippen LogP contribution >= 0.6 is 0 Å².